The molecule has 0 aliphatic heterocycles. The Kier molecular flexibility index (Phi) is 9.78. The molecule has 0 heterocycles. The fourth-order valence-corrected chi connectivity index (χ4v) is 3.91. The highest BCUT2D eigenvalue weighted by atomic mass is 16.2. The Labute approximate surface area is 219 Å². The number of hydrogen-bond acceptors (Lipinski definition) is 4. The van der Waals surface area contributed by atoms with Crippen LogP contribution in [-0.4, -0.2) is 23.9 Å². The molecule has 2 amide bonds. The van der Waals surface area contributed by atoms with E-state index in [1.54, 1.807) is 0 Å². The second-order valence-corrected chi connectivity index (χ2v) is 10.1. The molecule has 0 unspecified atom stereocenters. The molecule has 194 valence electrons. The standard InChI is InChI=1S/C16H20N2O.C15H18N2O/c1-11(2)9-15(17)16(19)18-14-8-7-12-5-3-4-6-13(12)10-14;1-10(2)14(16)15(18)17-13-8-7-11-5-3-4-6-12(11)9-13/h3-8,10-11,15H,9,17H2,1-2H3,(H,18,19);3-10,14H,16H2,1-2H3,(H,17,18)/t15-;14-/m00/s1. The number of hydrogen-bond donors (Lipinski definition) is 4. The normalized spacial score (nSPS) is 12.6. The summed E-state index contributed by atoms with van der Waals surface area (Å²) in [7, 11) is 0. The maximum Gasteiger partial charge on any atom is 0.241 e. The highest BCUT2D eigenvalue weighted by Gasteiger charge is 2.17. The second-order valence-electron chi connectivity index (χ2n) is 10.1. The topological polar surface area (TPSA) is 110 Å². The zero-order valence-electron chi connectivity index (χ0n) is 22.1. The average molecular weight is 499 g/mol. The van der Waals surface area contributed by atoms with Crippen molar-refractivity contribution in [3.05, 3.63) is 84.9 Å². The van der Waals surface area contributed by atoms with Gasteiger partial charge >= 0.3 is 0 Å². The summed E-state index contributed by atoms with van der Waals surface area (Å²) in [6.45, 7) is 7.99. The van der Waals surface area contributed by atoms with Crippen molar-refractivity contribution in [1.82, 2.24) is 0 Å². The van der Waals surface area contributed by atoms with E-state index in [0.717, 1.165) is 32.9 Å². The molecule has 0 radical (unpaired) electrons. The molecule has 4 aromatic rings. The van der Waals surface area contributed by atoms with E-state index in [1.165, 1.54) is 0 Å². The number of anilines is 2. The van der Waals surface area contributed by atoms with Gasteiger partial charge in [-0.25, -0.2) is 0 Å². The Morgan fingerprint density at radius 1 is 0.649 bits per heavy atom. The van der Waals surface area contributed by atoms with E-state index in [0.29, 0.717) is 12.3 Å². The summed E-state index contributed by atoms with van der Waals surface area (Å²) in [5.41, 5.74) is 13.3. The fraction of sp³-hybridized carbons (Fsp3) is 0.290. The first-order chi connectivity index (χ1) is 17.6. The van der Waals surface area contributed by atoms with Crippen molar-refractivity contribution < 1.29 is 9.59 Å². The number of carbonyl (C=O) groups is 2. The predicted molar refractivity (Wildman–Crippen MR) is 155 cm³/mol. The summed E-state index contributed by atoms with van der Waals surface area (Å²) in [5.74, 6) is 0.284. The van der Waals surface area contributed by atoms with Gasteiger partial charge in [0, 0.05) is 11.4 Å². The van der Waals surface area contributed by atoms with Crippen molar-refractivity contribution in [2.24, 2.45) is 23.3 Å². The van der Waals surface area contributed by atoms with Crippen LogP contribution >= 0.6 is 0 Å². The van der Waals surface area contributed by atoms with Crippen molar-refractivity contribution in [3.63, 3.8) is 0 Å². The number of carbonyl (C=O) groups excluding carboxylic acids is 2. The Hall–Kier alpha value is -3.74. The maximum absolute atomic E-state index is 11.9. The van der Waals surface area contributed by atoms with E-state index in [2.05, 4.69) is 24.5 Å². The summed E-state index contributed by atoms with van der Waals surface area (Å²) >= 11 is 0. The third-order valence-electron chi connectivity index (χ3n) is 6.12. The molecule has 37 heavy (non-hydrogen) atoms. The van der Waals surface area contributed by atoms with Crippen LogP contribution in [0.25, 0.3) is 21.5 Å². The van der Waals surface area contributed by atoms with E-state index < -0.39 is 12.1 Å². The summed E-state index contributed by atoms with van der Waals surface area (Å²) in [4.78, 5) is 23.8. The van der Waals surface area contributed by atoms with Gasteiger partial charge in [0.2, 0.25) is 11.8 Å². The third kappa shape index (κ3) is 8.13. The molecule has 0 bridgehead atoms. The molecule has 0 spiro atoms. The molecule has 0 saturated heterocycles. The highest BCUT2D eigenvalue weighted by Crippen LogP contribution is 2.20. The number of nitrogens with two attached hydrogens (primary N) is 2. The SMILES string of the molecule is CC(C)C[C@H](N)C(=O)Nc1ccc2ccccc2c1.CC(C)[C@H](N)C(=O)Nc1ccc2ccccc2c1. The molecule has 4 rings (SSSR count). The number of benzene rings is 4. The van der Waals surface area contributed by atoms with Crippen LogP contribution in [0.4, 0.5) is 11.4 Å². The Morgan fingerprint density at radius 2 is 1.08 bits per heavy atom. The first-order valence-electron chi connectivity index (χ1n) is 12.7. The number of nitrogens with one attached hydrogen (secondary N) is 2. The van der Waals surface area contributed by atoms with Crippen molar-refractivity contribution >= 4 is 44.7 Å². The minimum Gasteiger partial charge on any atom is -0.325 e. The molecule has 0 aliphatic carbocycles. The second kappa shape index (κ2) is 13.0. The lowest BCUT2D eigenvalue weighted by molar-refractivity contribution is -0.118. The highest BCUT2D eigenvalue weighted by molar-refractivity contribution is 5.98. The molecular weight excluding hydrogens is 460 g/mol. The molecule has 0 saturated carbocycles. The zero-order chi connectivity index (χ0) is 26.9. The minimum atomic E-state index is -0.475. The van der Waals surface area contributed by atoms with Crippen LogP contribution in [0.1, 0.15) is 34.1 Å². The molecule has 6 nitrogen and oxygen atoms in total. The minimum absolute atomic E-state index is 0.121. The Morgan fingerprint density at radius 3 is 1.51 bits per heavy atom. The van der Waals surface area contributed by atoms with Crippen LogP contribution < -0.4 is 22.1 Å². The van der Waals surface area contributed by atoms with Crippen molar-refractivity contribution in [1.29, 1.82) is 0 Å². The molecule has 0 fully saturated rings. The molecule has 6 N–H and O–H groups in total. The fourth-order valence-electron chi connectivity index (χ4n) is 3.91. The lowest BCUT2D eigenvalue weighted by atomic mass is 10.0. The molecule has 0 aliphatic rings. The van der Waals surface area contributed by atoms with Gasteiger partial charge in [0.05, 0.1) is 12.1 Å². The van der Waals surface area contributed by atoms with Crippen LogP contribution in [0.3, 0.4) is 0 Å². The first kappa shape index (κ1) is 27.8. The van der Waals surface area contributed by atoms with Gasteiger partial charge in [-0.1, -0.05) is 88.4 Å². The van der Waals surface area contributed by atoms with Gasteiger partial charge in [0.25, 0.3) is 0 Å². The first-order valence-corrected chi connectivity index (χ1v) is 12.7. The summed E-state index contributed by atoms with van der Waals surface area (Å²) in [6.07, 6.45) is 0.694. The van der Waals surface area contributed by atoms with E-state index in [1.807, 2.05) is 98.8 Å². The summed E-state index contributed by atoms with van der Waals surface area (Å²) < 4.78 is 0. The quantitative estimate of drug-likeness (QED) is 0.254. The van der Waals surface area contributed by atoms with Gasteiger partial charge < -0.3 is 22.1 Å². The van der Waals surface area contributed by atoms with Crippen LogP contribution in [-0.2, 0) is 9.59 Å². The number of rotatable bonds is 7. The summed E-state index contributed by atoms with van der Waals surface area (Å²) in [5, 5.41) is 10.3. The van der Waals surface area contributed by atoms with Crippen molar-refractivity contribution in [2.75, 3.05) is 10.6 Å². The van der Waals surface area contributed by atoms with Gasteiger partial charge in [0.1, 0.15) is 0 Å². The molecule has 4 aromatic carbocycles. The van der Waals surface area contributed by atoms with E-state index >= 15 is 0 Å². The summed E-state index contributed by atoms with van der Waals surface area (Å²) in [6, 6.07) is 26.9. The molecular formula is C31H38N4O2. The largest absolute Gasteiger partial charge is 0.325 e. The van der Waals surface area contributed by atoms with Crippen molar-refractivity contribution in [3.8, 4) is 0 Å². The van der Waals surface area contributed by atoms with E-state index in [9.17, 15) is 9.59 Å². The Bertz CT molecular complexity index is 1350. The Balaban J connectivity index is 0.000000206. The number of amides is 2. The van der Waals surface area contributed by atoms with Crippen molar-refractivity contribution in [2.45, 2.75) is 46.2 Å². The lowest BCUT2D eigenvalue weighted by Gasteiger charge is -2.15. The van der Waals surface area contributed by atoms with Crippen LogP contribution in [0.2, 0.25) is 0 Å². The van der Waals surface area contributed by atoms with Gasteiger partial charge in [-0.05, 0) is 64.1 Å². The zero-order valence-corrected chi connectivity index (χ0v) is 22.1. The van der Waals surface area contributed by atoms with Gasteiger partial charge in [0.15, 0.2) is 0 Å². The van der Waals surface area contributed by atoms with E-state index in [4.69, 9.17) is 11.5 Å². The van der Waals surface area contributed by atoms with Crippen LogP contribution in [0.15, 0.2) is 84.9 Å². The predicted octanol–water partition coefficient (Wildman–Crippen LogP) is 5.91. The van der Waals surface area contributed by atoms with Gasteiger partial charge in [-0.2, -0.15) is 0 Å². The van der Waals surface area contributed by atoms with E-state index in [-0.39, 0.29) is 17.7 Å². The van der Waals surface area contributed by atoms with Gasteiger partial charge in [-0.15, -0.1) is 0 Å². The van der Waals surface area contributed by atoms with Crippen LogP contribution in [0.5, 0.6) is 0 Å². The average Bonchev–Trinajstić information content (AvgIpc) is 2.88. The third-order valence-corrected chi connectivity index (χ3v) is 6.12. The lowest BCUT2D eigenvalue weighted by Crippen LogP contribution is -2.39. The molecule has 6 heteroatoms. The van der Waals surface area contributed by atoms with Gasteiger partial charge in [-0.3, -0.25) is 9.59 Å². The molecule has 0 aromatic heterocycles. The number of fused-ring (bicyclic) bond motifs is 2. The maximum atomic E-state index is 11.9. The smallest absolute Gasteiger partial charge is 0.241 e. The molecule has 2 atom stereocenters. The monoisotopic (exact) mass is 498 g/mol. The van der Waals surface area contributed by atoms with Crippen LogP contribution in [0, 0.1) is 11.8 Å².